The highest BCUT2D eigenvalue weighted by Crippen LogP contribution is 2.40. The number of nitrogens with zero attached hydrogens (tertiary/aromatic N) is 2. The van der Waals surface area contributed by atoms with E-state index in [9.17, 15) is 9.90 Å². The van der Waals surface area contributed by atoms with Gasteiger partial charge in [0.2, 0.25) is 5.89 Å². The molecule has 2 aromatic heterocycles. The fourth-order valence-corrected chi connectivity index (χ4v) is 4.69. The molecule has 7 heteroatoms. The first-order chi connectivity index (χ1) is 14.2. The molecular weight excluding hydrogens is 388 g/mol. The molecule has 0 aliphatic heterocycles. The maximum atomic E-state index is 12.6. The van der Waals surface area contributed by atoms with Gasteiger partial charge in [-0.1, -0.05) is 24.6 Å². The van der Waals surface area contributed by atoms with Gasteiger partial charge in [0.15, 0.2) is 5.69 Å². The number of carbonyl (C=O) groups excluding carboxylic acids is 1. The van der Waals surface area contributed by atoms with E-state index in [1.165, 1.54) is 22.4 Å². The Bertz CT molecular complexity index is 1040. The number of thiophene rings is 1. The van der Waals surface area contributed by atoms with E-state index in [1.54, 1.807) is 6.92 Å². The quantitative estimate of drug-likeness (QED) is 0.350. The number of aryl methyl sites for hydroxylation is 1. The molecule has 0 saturated carbocycles. The van der Waals surface area contributed by atoms with Crippen LogP contribution in [-0.4, -0.2) is 28.9 Å². The van der Waals surface area contributed by atoms with Crippen LogP contribution in [0.1, 0.15) is 52.7 Å². The van der Waals surface area contributed by atoms with Crippen molar-refractivity contribution in [1.29, 1.82) is 0 Å². The van der Waals surface area contributed by atoms with E-state index in [0.717, 1.165) is 43.2 Å². The molecule has 2 heterocycles. The van der Waals surface area contributed by atoms with E-state index in [2.05, 4.69) is 9.98 Å². The highest BCUT2D eigenvalue weighted by atomic mass is 32.1. The van der Waals surface area contributed by atoms with E-state index in [-0.39, 0.29) is 17.6 Å². The molecule has 4 rings (SSSR count). The van der Waals surface area contributed by atoms with Crippen LogP contribution in [0.4, 0.5) is 5.00 Å². The molecule has 6 nitrogen and oxygen atoms in total. The number of fused-ring (bicyclic) bond motifs is 1. The summed E-state index contributed by atoms with van der Waals surface area (Å²) in [5.74, 6) is -0.325. The van der Waals surface area contributed by atoms with Gasteiger partial charge in [-0.15, -0.1) is 11.3 Å². The lowest BCUT2D eigenvalue weighted by molar-refractivity contribution is 0.0526. The van der Waals surface area contributed by atoms with E-state index < -0.39 is 0 Å². The van der Waals surface area contributed by atoms with Crippen molar-refractivity contribution in [2.75, 3.05) is 6.61 Å². The first-order valence-corrected chi connectivity index (χ1v) is 10.6. The zero-order chi connectivity index (χ0) is 20.2. The SMILES string of the molecule is CCOC(=O)c1c(N=Cc2nc(-c3ccccc3)oc2O)sc2c1CCCCC2. The standard InChI is InChI=1S/C22H22N2O4S/c1-2-27-22(26)18-15-11-7-4-8-12-17(15)29-20(18)23-13-16-21(25)28-19(24-16)14-9-5-3-6-10-14/h3,5-6,9-10,13,25H,2,4,7-8,11-12H2,1H3. The van der Waals surface area contributed by atoms with Crippen molar-refractivity contribution in [2.24, 2.45) is 4.99 Å². The third kappa shape index (κ3) is 4.10. The summed E-state index contributed by atoms with van der Waals surface area (Å²) in [5, 5.41) is 10.7. The van der Waals surface area contributed by atoms with Gasteiger partial charge in [0.1, 0.15) is 5.00 Å². The van der Waals surface area contributed by atoms with Gasteiger partial charge in [0, 0.05) is 10.4 Å². The van der Waals surface area contributed by atoms with Gasteiger partial charge < -0.3 is 14.3 Å². The Morgan fingerprint density at radius 1 is 1.28 bits per heavy atom. The van der Waals surface area contributed by atoms with Crippen LogP contribution in [0.5, 0.6) is 5.95 Å². The molecule has 0 saturated heterocycles. The van der Waals surface area contributed by atoms with Gasteiger partial charge in [0.25, 0.3) is 0 Å². The molecular formula is C22H22N2O4S. The summed E-state index contributed by atoms with van der Waals surface area (Å²) in [6.45, 7) is 2.11. The van der Waals surface area contributed by atoms with E-state index >= 15 is 0 Å². The summed E-state index contributed by atoms with van der Waals surface area (Å²) >= 11 is 1.52. The van der Waals surface area contributed by atoms with Crippen molar-refractivity contribution < 1.29 is 19.1 Å². The van der Waals surface area contributed by atoms with Crippen LogP contribution in [0.2, 0.25) is 0 Å². The Balaban J connectivity index is 1.68. The zero-order valence-corrected chi connectivity index (χ0v) is 17.0. The molecule has 1 aliphatic rings. The third-order valence-electron chi connectivity index (χ3n) is 4.84. The minimum absolute atomic E-state index is 0.224. The molecule has 1 aliphatic carbocycles. The molecule has 1 N–H and O–H groups in total. The lowest BCUT2D eigenvalue weighted by Crippen LogP contribution is -2.07. The van der Waals surface area contributed by atoms with E-state index in [0.29, 0.717) is 23.1 Å². The topological polar surface area (TPSA) is 84.9 Å². The number of rotatable bonds is 5. The number of aliphatic imine (C=N–C) groups is 1. The van der Waals surface area contributed by atoms with Gasteiger partial charge in [-0.2, -0.15) is 0 Å². The van der Waals surface area contributed by atoms with Crippen LogP contribution in [-0.2, 0) is 17.6 Å². The van der Waals surface area contributed by atoms with Gasteiger partial charge in [-0.3, -0.25) is 0 Å². The minimum Gasteiger partial charge on any atom is -0.479 e. The summed E-state index contributed by atoms with van der Waals surface area (Å²) in [7, 11) is 0. The van der Waals surface area contributed by atoms with Gasteiger partial charge in [-0.05, 0) is 50.3 Å². The number of aromatic hydroxyl groups is 1. The molecule has 3 aromatic rings. The molecule has 0 fully saturated rings. The molecule has 29 heavy (non-hydrogen) atoms. The van der Waals surface area contributed by atoms with Gasteiger partial charge in [-0.25, -0.2) is 14.8 Å². The normalized spacial score (nSPS) is 14.0. The van der Waals surface area contributed by atoms with Crippen LogP contribution in [0, 0.1) is 0 Å². The Labute approximate surface area is 172 Å². The summed E-state index contributed by atoms with van der Waals surface area (Å²) in [6.07, 6.45) is 6.60. The van der Waals surface area contributed by atoms with E-state index in [1.807, 2.05) is 30.3 Å². The fourth-order valence-electron chi connectivity index (χ4n) is 3.46. The first-order valence-electron chi connectivity index (χ1n) is 9.78. The van der Waals surface area contributed by atoms with Crippen molar-refractivity contribution in [2.45, 2.75) is 39.0 Å². The molecule has 0 radical (unpaired) electrons. The number of oxazole rings is 1. The molecule has 0 unspecified atom stereocenters. The third-order valence-corrected chi connectivity index (χ3v) is 6.04. The number of carbonyl (C=O) groups is 1. The van der Waals surface area contributed by atoms with E-state index in [4.69, 9.17) is 9.15 Å². The van der Waals surface area contributed by atoms with Crippen molar-refractivity contribution in [1.82, 2.24) is 4.98 Å². The predicted molar refractivity (Wildman–Crippen MR) is 112 cm³/mol. The lowest BCUT2D eigenvalue weighted by atomic mass is 10.1. The summed E-state index contributed by atoms with van der Waals surface area (Å²) in [6, 6.07) is 9.33. The Morgan fingerprint density at radius 2 is 2.07 bits per heavy atom. The second-order valence-electron chi connectivity index (χ2n) is 6.80. The number of ether oxygens (including phenoxy) is 1. The number of benzene rings is 1. The summed E-state index contributed by atoms with van der Waals surface area (Å²) < 4.78 is 10.7. The van der Waals surface area contributed by atoms with Crippen LogP contribution in [0.15, 0.2) is 39.7 Å². The van der Waals surface area contributed by atoms with Crippen LogP contribution in [0.25, 0.3) is 11.5 Å². The number of hydrogen-bond acceptors (Lipinski definition) is 7. The molecule has 150 valence electrons. The second kappa shape index (κ2) is 8.61. The number of aromatic nitrogens is 1. The van der Waals surface area contributed by atoms with Gasteiger partial charge in [0.05, 0.1) is 18.4 Å². The highest BCUT2D eigenvalue weighted by molar-refractivity contribution is 7.16. The molecule has 0 atom stereocenters. The molecule has 1 aromatic carbocycles. The highest BCUT2D eigenvalue weighted by Gasteiger charge is 2.25. The maximum Gasteiger partial charge on any atom is 0.341 e. The van der Waals surface area contributed by atoms with Crippen LogP contribution in [0.3, 0.4) is 0 Å². The smallest absolute Gasteiger partial charge is 0.341 e. The van der Waals surface area contributed by atoms with Crippen molar-refractivity contribution in [3.8, 4) is 17.4 Å². The van der Waals surface area contributed by atoms with Crippen molar-refractivity contribution in [3.05, 3.63) is 52.0 Å². The fraction of sp³-hybridized carbons (Fsp3) is 0.318. The molecule has 0 bridgehead atoms. The first kappa shape index (κ1) is 19.4. The Kier molecular flexibility index (Phi) is 5.76. The van der Waals surface area contributed by atoms with Crippen molar-refractivity contribution in [3.63, 3.8) is 0 Å². The summed E-state index contributed by atoms with van der Waals surface area (Å²) in [5.41, 5.74) is 2.60. The average molecular weight is 410 g/mol. The molecule has 0 amide bonds. The maximum absolute atomic E-state index is 12.6. The lowest BCUT2D eigenvalue weighted by Gasteiger charge is -2.05. The minimum atomic E-state index is -0.339. The van der Waals surface area contributed by atoms with Crippen LogP contribution < -0.4 is 0 Å². The average Bonchev–Trinajstić information content (AvgIpc) is 3.18. The number of esters is 1. The Hall–Kier alpha value is -2.93. The zero-order valence-electron chi connectivity index (χ0n) is 16.2. The van der Waals surface area contributed by atoms with Crippen LogP contribution >= 0.6 is 11.3 Å². The largest absolute Gasteiger partial charge is 0.479 e. The molecule has 0 spiro atoms. The second-order valence-corrected chi connectivity index (χ2v) is 7.88. The van der Waals surface area contributed by atoms with Crippen molar-refractivity contribution >= 4 is 28.5 Å². The monoisotopic (exact) mass is 410 g/mol. The number of hydrogen-bond donors (Lipinski definition) is 1. The summed E-state index contributed by atoms with van der Waals surface area (Å²) in [4.78, 5) is 22.6. The predicted octanol–water partition coefficient (Wildman–Crippen LogP) is 5.30. The Morgan fingerprint density at radius 3 is 2.86 bits per heavy atom. The van der Waals surface area contributed by atoms with Gasteiger partial charge >= 0.3 is 11.9 Å².